The van der Waals surface area contributed by atoms with E-state index in [1.54, 1.807) is 6.33 Å². The molecule has 0 aliphatic heterocycles. The average molecular weight is 208 g/mol. The van der Waals surface area contributed by atoms with Crippen LogP contribution >= 0.6 is 0 Å². The first-order valence-electron chi connectivity index (χ1n) is 5.22. The van der Waals surface area contributed by atoms with Crippen molar-refractivity contribution in [1.82, 2.24) is 20.1 Å². The van der Waals surface area contributed by atoms with E-state index < -0.39 is 0 Å². The lowest BCUT2D eigenvalue weighted by Gasteiger charge is -2.03. The average Bonchev–Trinajstić information content (AvgIpc) is 2.92. The molecule has 6 heteroatoms. The lowest BCUT2D eigenvalue weighted by atomic mass is 10.6. The normalized spacial score (nSPS) is 16.7. The van der Waals surface area contributed by atoms with Crippen LogP contribution in [0.1, 0.15) is 25.6 Å². The third-order valence-electron chi connectivity index (χ3n) is 2.32. The highest BCUT2D eigenvalue weighted by molar-refractivity contribution is 5.78. The van der Waals surface area contributed by atoms with Crippen LogP contribution < -0.4 is 11.1 Å². The van der Waals surface area contributed by atoms with Crippen LogP contribution in [0.2, 0.25) is 0 Å². The lowest BCUT2D eigenvalue weighted by molar-refractivity contribution is 0.616. The number of guanidine groups is 1. The summed E-state index contributed by atoms with van der Waals surface area (Å²) in [5.41, 5.74) is 5.70. The summed E-state index contributed by atoms with van der Waals surface area (Å²) in [5.74, 6) is 1.35. The van der Waals surface area contributed by atoms with Crippen LogP contribution in [-0.4, -0.2) is 26.8 Å². The smallest absolute Gasteiger partial charge is 0.189 e. The molecule has 0 spiro atoms. The highest BCUT2D eigenvalue weighted by Crippen LogP contribution is 2.17. The van der Waals surface area contributed by atoms with Crippen LogP contribution in [0.3, 0.4) is 0 Å². The van der Waals surface area contributed by atoms with Crippen LogP contribution in [0.4, 0.5) is 0 Å². The molecule has 0 bridgehead atoms. The maximum absolute atomic E-state index is 5.70. The topological polar surface area (TPSA) is 81.1 Å². The zero-order valence-electron chi connectivity index (χ0n) is 8.85. The summed E-state index contributed by atoms with van der Waals surface area (Å²) in [4.78, 5) is 8.33. The molecule has 0 amide bonds. The molecular weight excluding hydrogens is 192 g/mol. The second-order valence-corrected chi connectivity index (χ2v) is 3.61. The molecule has 1 fully saturated rings. The van der Waals surface area contributed by atoms with E-state index in [9.17, 15) is 0 Å². The molecule has 1 aromatic heterocycles. The van der Waals surface area contributed by atoms with Crippen molar-refractivity contribution in [2.45, 2.75) is 38.9 Å². The Morgan fingerprint density at radius 1 is 1.73 bits per heavy atom. The molecule has 3 N–H and O–H groups in total. The van der Waals surface area contributed by atoms with E-state index in [1.807, 2.05) is 11.6 Å². The Kier molecular flexibility index (Phi) is 2.84. The fourth-order valence-electron chi connectivity index (χ4n) is 1.31. The number of nitrogens with two attached hydrogens (primary N) is 1. The summed E-state index contributed by atoms with van der Waals surface area (Å²) in [6.07, 6.45) is 3.93. The quantitative estimate of drug-likeness (QED) is 0.533. The van der Waals surface area contributed by atoms with Crippen molar-refractivity contribution in [2.75, 3.05) is 0 Å². The predicted octanol–water partition coefficient (Wildman–Crippen LogP) is -0.135. The Bertz CT molecular complexity index is 351. The van der Waals surface area contributed by atoms with Gasteiger partial charge in [0.2, 0.25) is 0 Å². The SMILES string of the molecule is CCn1ncnc1CN=C(N)NC1CC1. The van der Waals surface area contributed by atoms with Gasteiger partial charge in [0.1, 0.15) is 18.7 Å². The second kappa shape index (κ2) is 4.29. The molecule has 0 radical (unpaired) electrons. The fraction of sp³-hybridized carbons (Fsp3) is 0.667. The van der Waals surface area contributed by atoms with Gasteiger partial charge in [0.15, 0.2) is 5.96 Å². The fourth-order valence-corrected chi connectivity index (χ4v) is 1.31. The lowest BCUT2D eigenvalue weighted by Crippen LogP contribution is -2.33. The molecule has 1 aromatic rings. The van der Waals surface area contributed by atoms with Gasteiger partial charge in [0.05, 0.1) is 0 Å². The van der Waals surface area contributed by atoms with E-state index in [0.29, 0.717) is 18.5 Å². The number of aromatic nitrogens is 3. The van der Waals surface area contributed by atoms with Gasteiger partial charge in [-0.15, -0.1) is 0 Å². The Morgan fingerprint density at radius 2 is 2.53 bits per heavy atom. The number of nitrogens with zero attached hydrogens (tertiary/aromatic N) is 4. The van der Waals surface area contributed by atoms with Crippen molar-refractivity contribution >= 4 is 5.96 Å². The minimum Gasteiger partial charge on any atom is -0.370 e. The zero-order valence-corrected chi connectivity index (χ0v) is 8.85. The van der Waals surface area contributed by atoms with Gasteiger partial charge in [-0.25, -0.2) is 14.7 Å². The van der Waals surface area contributed by atoms with E-state index >= 15 is 0 Å². The molecule has 82 valence electrons. The Labute approximate surface area is 88.6 Å². The molecule has 15 heavy (non-hydrogen) atoms. The van der Waals surface area contributed by atoms with Crippen LogP contribution in [-0.2, 0) is 13.1 Å². The number of rotatable bonds is 4. The Morgan fingerprint density at radius 3 is 3.20 bits per heavy atom. The molecule has 1 aliphatic rings. The van der Waals surface area contributed by atoms with Gasteiger partial charge >= 0.3 is 0 Å². The Balaban J connectivity index is 1.90. The number of hydrogen-bond donors (Lipinski definition) is 2. The van der Waals surface area contributed by atoms with Gasteiger partial charge in [-0.2, -0.15) is 5.10 Å². The van der Waals surface area contributed by atoms with Gasteiger partial charge in [0, 0.05) is 12.6 Å². The highest BCUT2D eigenvalue weighted by Gasteiger charge is 2.21. The van der Waals surface area contributed by atoms with Crippen molar-refractivity contribution in [1.29, 1.82) is 0 Å². The molecule has 0 saturated heterocycles. The molecule has 0 unspecified atom stereocenters. The molecule has 0 aromatic carbocycles. The van der Waals surface area contributed by atoms with Crippen LogP contribution in [0.15, 0.2) is 11.3 Å². The van der Waals surface area contributed by atoms with Gasteiger partial charge < -0.3 is 11.1 Å². The van der Waals surface area contributed by atoms with E-state index in [4.69, 9.17) is 5.73 Å². The summed E-state index contributed by atoms with van der Waals surface area (Å²) in [7, 11) is 0. The third-order valence-corrected chi connectivity index (χ3v) is 2.32. The molecule has 1 aliphatic carbocycles. The van der Waals surface area contributed by atoms with Gasteiger partial charge in [-0.05, 0) is 19.8 Å². The maximum atomic E-state index is 5.70. The molecule has 1 saturated carbocycles. The van der Waals surface area contributed by atoms with Crippen LogP contribution in [0.25, 0.3) is 0 Å². The first kappa shape index (κ1) is 9.95. The zero-order chi connectivity index (χ0) is 10.7. The van der Waals surface area contributed by atoms with E-state index in [2.05, 4.69) is 20.4 Å². The summed E-state index contributed by atoms with van der Waals surface area (Å²) in [6.45, 7) is 3.31. The highest BCUT2D eigenvalue weighted by atomic mass is 15.3. The summed E-state index contributed by atoms with van der Waals surface area (Å²) >= 11 is 0. The van der Waals surface area contributed by atoms with Gasteiger partial charge in [-0.3, -0.25) is 0 Å². The molecule has 6 nitrogen and oxygen atoms in total. The molecule has 1 heterocycles. The standard InChI is InChI=1S/C9H16N6/c1-2-15-8(12-6-13-15)5-11-9(10)14-7-3-4-7/h6-7H,2-5H2,1H3,(H3,10,11,14). The predicted molar refractivity (Wildman–Crippen MR) is 57.2 cm³/mol. The van der Waals surface area contributed by atoms with Gasteiger partial charge in [-0.1, -0.05) is 0 Å². The van der Waals surface area contributed by atoms with Gasteiger partial charge in [0.25, 0.3) is 0 Å². The Hall–Kier alpha value is -1.59. The largest absolute Gasteiger partial charge is 0.370 e. The van der Waals surface area contributed by atoms with E-state index in [1.165, 1.54) is 12.8 Å². The maximum Gasteiger partial charge on any atom is 0.189 e. The summed E-state index contributed by atoms with van der Waals surface area (Å²) < 4.78 is 1.81. The van der Waals surface area contributed by atoms with E-state index in [0.717, 1.165) is 12.4 Å². The first-order chi connectivity index (χ1) is 7.29. The minimum absolute atomic E-state index is 0.486. The number of aryl methyl sites for hydroxylation is 1. The first-order valence-corrected chi connectivity index (χ1v) is 5.22. The second-order valence-electron chi connectivity index (χ2n) is 3.61. The summed E-state index contributed by atoms with van der Waals surface area (Å²) in [5, 5.41) is 7.19. The van der Waals surface area contributed by atoms with Crippen molar-refractivity contribution in [3.8, 4) is 0 Å². The van der Waals surface area contributed by atoms with Crippen LogP contribution in [0, 0.1) is 0 Å². The van der Waals surface area contributed by atoms with Crippen molar-refractivity contribution in [3.63, 3.8) is 0 Å². The number of nitrogens with one attached hydrogen (secondary N) is 1. The van der Waals surface area contributed by atoms with Crippen LogP contribution in [0.5, 0.6) is 0 Å². The number of hydrogen-bond acceptors (Lipinski definition) is 3. The van der Waals surface area contributed by atoms with Crippen molar-refractivity contribution < 1.29 is 0 Å². The molecular formula is C9H16N6. The monoisotopic (exact) mass is 208 g/mol. The minimum atomic E-state index is 0.486. The van der Waals surface area contributed by atoms with Crippen molar-refractivity contribution in [2.24, 2.45) is 10.7 Å². The molecule has 0 atom stereocenters. The van der Waals surface area contributed by atoms with E-state index in [-0.39, 0.29) is 0 Å². The number of aliphatic imine (C=N–C) groups is 1. The molecule has 2 rings (SSSR count). The summed E-state index contributed by atoms with van der Waals surface area (Å²) in [6, 6.07) is 0.540. The third kappa shape index (κ3) is 2.68. The van der Waals surface area contributed by atoms with Crippen molar-refractivity contribution in [3.05, 3.63) is 12.2 Å².